The predicted octanol–water partition coefficient (Wildman–Crippen LogP) is 2.21. The molecule has 0 saturated heterocycles. The molecule has 0 spiro atoms. The van der Waals surface area contributed by atoms with Gasteiger partial charge in [0.15, 0.2) is 0 Å². The summed E-state index contributed by atoms with van der Waals surface area (Å²) in [5, 5.41) is 8.25. The number of rotatable bonds is 6. The zero-order valence-electron chi connectivity index (χ0n) is 10.00. The molecule has 2 aromatic rings. The molecule has 0 atom stereocenters. The number of carboxylic acids is 1. The maximum absolute atomic E-state index is 11.8. The molecule has 2 aromatic heterocycles. The van der Waals surface area contributed by atoms with Gasteiger partial charge < -0.3 is 9.52 Å². The summed E-state index contributed by atoms with van der Waals surface area (Å²) in [5.41, 5.74) is 0. The van der Waals surface area contributed by atoms with Gasteiger partial charge in [0, 0.05) is 11.4 Å². The van der Waals surface area contributed by atoms with Crippen LogP contribution in [0.1, 0.15) is 15.4 Å². The summed E-state index contributed by atoms with van der Waals surface area (Å²) >= 11 is 7.14. The number of furan rings is 1. The molecule has 0 saturated carbocycles. The van der Waals surface area contributed by atoms with E-state index in [1.165, 1.54) is 11.3 Å². The Bertz CT molecular complexity index is 719. The summed E-state index contributed by atoms with van der Waals surface area (Å²) in [6.07, 6.45) is 0.489. The highest BCUT2D eigenvalue weighted by atomic mass is 35.5. The number of carbonyl (C=O) groups is 1. The van der Waals surface area contributed by atoms with Crippen LogP contribution in [0.4, 0.5) is 0 Å². The van der Waals surface area contributed by atoms with Crippen molar-refractivity contribution in [1.82, 2.24) is 4.72 Å². The second-order valence-corrected chi connectivity index (χ2v) is 7.27. The molecule has 0 unspecified atom stereocenters. The normalized spacial score (nSPS) is 11.7. The van der Waals surface area contributed by atoms with Crippen molar-refractivity contribution < 1.29 is 22.7 Å². The number of sulfonamides is 1. The van der Waals surface area contributed by atoms with Crippen LogP contribution in [-0.2, 0) is 16.4 Å². The van der Waals surface area contributed by atoms with Crippen molar-refractivity contribution in [2.75, 3.05) is 6.54 Å². The molecular weight excluding hydrogens is 326 g/mol. The maximum Gasteiger partial charge on any atom is 0.371 e. The number of nitrogens with one attached hydrogen (secondary N) is 1. The van der Waals surface area contributed by atoms with E-state index in [2.05, 4.69) is 4.72 Å². The Hall–Kier alpha value is -1.35. The molecule has 6 nitrogen and oxygen atoms in total. The zero-order chi connectivity index (χ0) is 14.8. The van der Waals surface area contributed by atoms with E-state index in [1.54, 1.807) is 6.07 Å². The molecule has 9 heteroatoms. The fraction of sp³-hybridized carbons (Fsp3) is 0.182. The summed E-state index contributed by atoms with van der Waals surface area (Å²) in [4.78, 5) is 11.6. The molecule has 2 N–H and O–H groups in total. The number of thiophene rings is 1. The quantitative estimate of drug-likeness (QED) is 0.843. The van der Waals surface area contributed by atoms with Gasteiger partial charge in [-0.1, -0.05) is 11.6 Å². The third-order valence-corrected chi connectivity index (χ3v) is 4.97. The van der Waals surface area contributed by atoms with Crippen molar-refractivity contribution in [1.29, 1.82) is 0 Å². The molecule has 0 fully saturated rings. The van der Waals surface area contributed by atoms with Crippen molar-refractivity contribution in [3.8, 4) is 0 Å². The maximum atomic E-state index is 11.8. The Kier molecular flexibility index (Phi) is 4.48. The first-order valence-corrected chi connectivity index (χ1v) is 8.13. The number of hydrogen-bond acceptors (Lipinski definition) is 5. The fourth-order valence-electron chi connectivity index (χ4n) is 1.45. The monoisotopic (exact) mass is 335 g/mol. The van der Waals surface area contributed by atoms with E-state index < -0.39 is 26.8 Å². The van der Waals surface area contributed by atoms with Crippen LogP contribution >= 0.6 is 22.9 Å². The number of hydrogen-bond donors (Lipinski definition) is 2. The Morgan fingerprint density at radius 2 is 2.10 bits per heavy atom. The smallest absolute Gasteiger partial charge is 0.371 e. The van der Waals surface area contributed by atoms with Crippen molar-refractivity contribution >= 4 is 38.9 Å². The molecule has 0 radical (unpaired) electrons. The van der Waals surface area contributed by atoms with Crippen molar-refractivity contribution in [3.05, 3.63) is 39.2 Å². The Balaban J connectivity index is 1.98. The minimum absolute atomic E-state index is 0.169. The summed E-state index contributed by atoms with van der Waals surface area (Å²) in [6.45, 7) is 0.169. The van der Waals surface area contributed by atoms with E-state index in [4.69, 9.17) is 21.1 Å². The van der Waals surface area contributed by atoms with E-state index in [0.29, 0.717) is 10.8 Å². The lowest BCUT2D eigenvalue weighted by Gasteiger charge is -2.02. The number of halogens is 1. The molecule has 0 aliphatic heterocycles. The van der Waals surface area contributed by atoms with Gasteiger partial charge in [-0.2, -0.15) is 0 Å². The molecule has 2 heterocycles. The molecule has 0 aliphatic rings. The van der Waals surface area contributed by atoms with E-state index in [-0.39, 0.29) is 6.54 Å². The van der Waals surface area contributed by atoms with Gasteiger partial charge in [0.2, 0.25) is 10.9 Å². The van der Waals surface area contributed by atoms with E-state index in [9.17, 15) is 13.2 Å². The second kappa shape index (κ2) is 5.96. The lowest BCUT2D eigenvalue weighted by Crippen LogP contribution is -2.25. The Morgan fingerprint density at radius 1 is 1.35 bits per heavy atom. The van der Waals surface area contributed by atoms with Gasteiger partial charge in [-0.3, -0.25) is 0 Å². The van der Waals surface area contributed by atoms with Gasteiger partial charge in [-0.25, -0.2) is 17.9 Å². The summed E-state index contributed by atoms with van der Waals surface area (Å²) in [7, 11) is -3.84. The van der Waals surface area contributed by atoms with Crippen molar-refractivity contribution in [2.45, 2.75) is 11.5 Å². The Morgan fingerprint density at radius 3 is 2.65 bits per heavy atom. The molecule has 0 amide bonds. The molecule has 0 bridgehead atoms. The largest absolute Gasteiger partial charge is 0.475 e. The zero-order valence-corrected chi connectivity index (χ0v) is 12.4. The number of aromatic carboxylic acids is 1. The van der Waals surface area contributed by atoms with Crippen LogP contribution in [0.15, 0.2) is 33.8 Å². The molecule has 108 valence electrons. The molecule has 0 aliphatic carbocycles. The lowest BCUT2D eigenvalue weighted by molar-refractivity contribution is 0.0656. The second-order valence-electron chi connectivity index (χ2n) is 3.78. The standard InChI is InChI=1S/C11H10ClNO5S2/c12-9-3-1-7(19-9)5-6-13-20(16,17)10-4-2-8(18-10)11(14)15/h1-4,13H,5-6H2,(H,14,15). The van der Waals surface area contributed by atoms with Gasteiger partial charge >= 0.3 is 5.97 Å². The first-order valence-electron chi connectivity index (χ1n) is 5.45. The van der Waals surface area contributed by atoms with Crippen LogP contribution in [0, 0.1) is 0 Å². The summed E-state index contributed by atoms with van der Waals surface area (Å²) < 4.78 is 31.4. The van der Waals surface area contributed by atoms with Crippen LogP contribution in [0.25, 0.3) is 0 Å². The van der Waals surface area contributed by atoms with Gasteiger partial charge in [-0.15, -0.1) is 11.3 Å². The van der Waals surface area contributed by atoms with Crippen molar-refractivity contribution in [3.63, 3.8) is 0 Å². The van der Waals surface area contributed by atoms with Gasteiger partial charge in [-0.05, 0) is 30.7 Å². The third kappa shape index (κ3) is 3.60. The van der Waals surface area contributed by atoms with E-state index in [0.717, 1.165) is 17.0 Å². The SMILES string of the molecule is O=C(O)c1ccc(S(=O)(=O)NCCc2ccc(Cl)s2)o1. The van der Waals surface area contributed by atoms with Crippen LogP contribution < -0.4 is 4.72 Å². The molecule has 2 rings (SSSR count). The van der Waals surface area contributed by atoms with Crippen LogP contribution in [0.2, 0.25) is 4.34 Å². The highest BCUT2D eigenvalue weighted by Crippen LogP contribution is 2.21. The summed E-state index contributed by atoms with van der Waals surface area (Å²) in [5.74, 6) is -1.74. The Labute approximate surface area is 124 Å². The highest BCUT2D eigenvalue weighted by molar-refractivity contribution is 7.89. The molecule has 20 heavy (non-hydrogen) atoms. The minimum atomic E-state index is -3.84. The van der Waals surface area contributed by atoms with E-state index >= 15 is 0 Å². The summed E-state index contributed by atoms with van der Waals surface area (Å²) in [6, 6.07) is 5.75. The topological polar surface area (TPSA) is 96.6 Å². The first-order chi connectivity index (χ1) is 9.38. The average molecular weight is 336 g/mol. The van der Waals surface area contributed by atoms with Crippen LogP contribution in [0.5, 0.6) is 0 Å². The molecule has 0 aromatic carbocycles. The lowest BCUT2D eigenvalue weighted by atomic mass is 10.3. The minimum Gasteiger partial charge on any atom is -0.475 e. The fourth-order valence-corrected chi connectivity index (χ4v) is 3.49. The van der Waals surface area contributed by atoms with E-state index in [1.807, 2.05) is 6.07 Å². The van der Waals surface area contributed by atoms with Gasteiger partial charge in [0.1, 0.15) is 0 Å². The third-order valence-electron chi connectivity index (χ3n) is 2.35. The first kappa shape index (κ1) is 15.0. The van der Waals surface area contributed by atoms with Crippen molar-refractivity contribution in [2.24, 2.45) is 0 Å². The van der Waals surface area contributed by atoms with Gasteiger partial charge in [0.05, 0.1) is 4.34 Å². The number of carboxylic acid groups (broad SMARTS) is 1. The highest BCUT2D eigenvalue weighted by Gasteiger charge is 2.20. The molecular formula is C11H10ClNO5S2. The average Bonchev–Trinajstić information content (AvgIpc) is 2.98. The van der Waals surface area contributed by atoms with Gasteiger partial charge in [0.25, 0.3) is 10.0 Å². The predicted molar refractivity (Wildman–Crippen MR) is 73.9 cm³/mol. The van der Waals surface area contributed by atoms with Crippen LogP contribution in [-0.4, -0.2) is 26.0 Å². The van der Waals surface area contributed by atoms with Crippen LogP contribution in [0.3, 0.4) is 0 Å².